The van der Waals surface area contributed by atoms with Crippen LogP contribution in [0.1, 0.15) is 31.4 Å². The van der Waals surface area contributed by atoms with Crippen molar-refractivity contribution in [1.82, 2.24) is 10.2 Å². The van der Waals surface area contributed by atoms with Gasteiger partial charge in [-0.1, -0.05) is 12.1 Å². The molecule has 0 saturated carbocycles. The number of hydrogen-bond acceptors (Lipinski definition) is 2. The first kappa shape index (κ1) is 15.3. The van der Waals surface area contributed by atoms with E-state index in [1.807, 2.05) is 0 Å². The molecule has 112 valence electrons. The Hall–Kier alpha value is -1.07. The van der Waals surface area contributed by atoms with Gasteiger partial charge in [0, 0.05) is 25.2 Å². The van der Waals surface area contributed by atoms with Gasteiger partial charge in [-0.2, -0.15) is 13.2 Å². The largest absolute Gasteiger partial charge is 0.416 e. The molecule has 1 fully saturated rings. The number of alkyl halides is 3. The number of halogens is 3. The Bertz CT molecular complexity index is 420. The number of nitrogens with zero attached hydrogens (tertiary/aromatic N) is 1. The van der Waals surface area contributed by atoms with Crippen molar-refractivity contribution in [3.63, 3.8) is 0 Å². The zero-order valence-corrected chi connectivity index (χ0v) is 11.9. The van der Waals surface area contributed by atoms with Crippen molar-refractivity contribution in [3.8, 4) is 0 Å². The average molecular weight is 286 g/mol. The van der Waals surface area contributed by atoms with Crippen molar-refractivity contribution < 1.29 is 13.2 Å². The molecule has 20 heavy (non-hydrogen) atoms. The quantitative estimate of drug-likeness (QED) is 0.914. The van der Waals surface area contributed by atoms with Crippen molar-refractivity contribution in [2.24, 2.45) is 0 Å². The van der Waals surface area contributed by atoms with Crippen LogP contribution in [-0.4, -0.2) is 30.1 Å². The Balaban J connectivity index is 2.07. The summed E-state index contributed by atoms with van der Waals surface area (Å²) < 4.78 is 37.6. The van der Waals surface area contributed by atoms with E-state index >= 15 is 0 Å². The summed E-state index contributed by atoms with van der Waals surface area (Å²) >= 11 is 0. The molecule has 0 radical (unpaired) electrons. The van der Waals surface area contributed by atoms with Gasteiger partial charge in [0.25, 0.3) is 0 Å². The molecular weight excluding hydrogens is 265 g/mol. The zero-order chi connectivity index (χ0) is 14.8. The maximum Gasteiger partial charge on any atom is 0.416 e. The summed E-state index contributed by atoms with van der Waals surface area (Å²) in [6.45, 7) is 6.92. The van der Waals surface area contributed by atoms with Gasteiger partial charge in [0.05, 0.1) is 5.56 Å². The normalized spacial score (nSPS) is 20.1. The Labute approximate surface area is 118 Å². The van der Waals surface area contributed by atoms with Gasteiger partial charge in [-0.25, -0.2) is 0 Å². The smallest absolute Gasteiger partial charge is 0.315 e. The van der Waals surface area contributed by atoms with Gasteiger partial charge in [-0.15, -0.1) is 0 Å². The van der Waals surface area contributed by atoms with E-state index in [2.05, 4.69) is 24.1 Å². The fourth-order valence-corrected chi connectivity index (χ4v) is 2.67. The molecule has 0 amide bonds. The third-order valence-electron chi connectivity index (χ3n) is 3.81. The minimum absolute atomic E-state index is 0.377. The van der Waals surface area contributed by atoms with Gasteiger partial charge in [0.15, 0.2) is 0 Å². The van der Waals surface area contributed by atoms with Crippen LogP contribution >= 0.6 is 0 Å². The lowest BCUT2D eigenvalue weighted by molar-refractivity contribution is -0.137. The highest BCUT2D eigenvalue weighted by molar-refractivity contribution is 5.24. The van der Waals surface area contributed by atoms with E-state index < -0.39 is 11.7 Å². The zero-order valence-electron chi connectivity index (χ0n) is 11.9. The molecule has 5 heteroatoms. The van der Waals surface area contributed by atoms with Gasteiger partial charge < -0.3 is 5.32 Å². The van der Waals surface area contributed by atoms with Gasteiger partial charge in [0.2, 0.25) is 0 Å². The van der Waals surface area contributed by atoms with E-state index in [1.165, 1.54) is 12.1 Å². The Morgan fingerprint density at radius 3 is 2.35 bits per heavy atom. The maximum absolute atomic E-state index is 12.5. The molecular formula is C15H21F3N2. The molecule has 1 aliphatic rings. The summed E-state index contributed by atoms with van der Waals surface area (Å²) in [5.41, 5.74) is 0.346. The molecule has 1 aromatic rings. The molecule has 0 aromatic heterocycles. The van der Waals surface area contributed by atoms with Crippen LogP contribution in [0.15, 0.2) is 24.3 Å². The molecule has 2 rings (SSSR count). The first-order chi connectivity index (χ1) is 9.38. The Kier molecular flexibility index (Phi) is 4.70. The SMILES string of the molecule is CC(C)N(Cc1ccc(C(F)(F)F)cc1)[C@H]1CCNC1. The molecule has 1 saturated heterocycles. The first-order valence-corrected chi connectivity index (χ1v) is 7.00. The molecule has 1 aromatic carbocycles. The van der Waals surface area contributed by atoms with Gasteiger partial charge >= 0.3 is 6.18 Å². The second-order valence-corrected chi connectivity index (χ2v) is 5.61. The third kappa shape index (κ3) is 3.73. The van der Waals surface area contributed by atoms with Crippen LogP contribution < -0.4 is 5.32 Å². The summed E-state index contributed by atoms with van der Waals surface area (Å²) in [5.74, 6) is 0. The van der Waals surface area contributed by atoms with Crippen molar-refractivity contribution in [3.05, 3.63) is 35.4 Å². The minimum atomic E-state index is -4.26. The Morgan fingerprint density at radius 2 is 1.90 bits per heavy atom. The summed E-state index contributed by atoms with van der Waals surface area (Å²) in [6.07, 6.45) is -3.16. The molecule has 1 atom stereocenters. The molecule has 1 aliphatic heterocycles. The lowest BCUT2D eigenvalue weighted by Gasteiger charge is -2.32. The number of rotatable bonds is 4. The minimum Gasteiger partial charge on any atom is -0.315 e. The van der Waals surface area contributed by atoms with Crippen LogP contribution in [0.4, 0.5) is 13.2 Å². The van der Waals surface area contributed by atoms with E-state index in [4.69, 9.17) is 0 Å². The molecule has 0 unspecified atom stereocenters. The van der Waals surface area contributed by atoms with Crippen LogP contribution in [-0.2, 0) is 12.7 Å². The van der Waals surface area contributed by atoms with Crippen LogP contribution in [0.25, 0.3) is 0 Å². The van der Waals surface area contributed by atoms with Gasteiger partial charge in [-0.05, 0) is 44.5 Å². The second-order valence-electron chi connectivity index (χ2n) is 5.61. The highest BCUT2D eigenvalue weighted by atomic mass is 19.4. The summed E-state index contributed by atoms with van der Waals surface area (Å²) in [7, 11) is 0. The number of benzene rings is 1. The summed E-state index contributed by atoms with van der Waals surface area (Å²) in [4.78, 5) is 2.35. The fourth-order valence-electron chi connectivity index (χ4n) is 2.67. The molecule has 0 bridgehead atoms. The predicted molar refractivity (Wildman–Crippen MR) is 73.4 cm³/mol. The number of nitrogens with one attached hydrogen (secondary N) is 1. The van der Waals surface area contributed by atoms with E-state index in [0.29, 0.717) is 18.6 Å². The van der Waals surface area contributed by atoms with Crippen molar-refractivity contribution in [2.45, 2.75) is 45.1 Å². The van der Waals surface area contributed by atoms with Crippen LogP contribution in [0.5, 0.6) is 0 Å². The fraction of sp³-hybridized carbons (Fsp3) is 0.600. The van der Waals surface area contributed by atoms with Crippen LogP contribution in [0.3, 0.4) is 0 Å². The monoisotopic (exact) mass is 286 g/mol. The predicted octanol–water partition coefficient (Wildman–Crippen LogP) is 3.28. The van der Waals surface area contributed by atoms with Crippen molar-refractivity contribution >= 4 is 0 Å². The Morgan fingerprint density at radius 1 is 1.25 bits per heavy atom. The lowest BCUT2D eigenvalue weighted by Crippen LogP contribution is -2.41. The molecule has 2 nitrogen and oxygen atoms in total. The molecule has 0 aliphatic carbocycles. The van der Waals surface area contributed by atoms with Crippen molar-refractivity contribution in [1.29, 1.82) is 0 Å². The standard InChI is InChI=1S/C15H21F3N2/c1-11(2)20(14-7-8-19-9-14)10-12-3-5-13(6-4-12)15(16,17)18/h3-6,11,14,19H,7-10H2,1-2H3/t14-/m0/s1. The van der Waals surface area contributed by atoms with E-state index in [1.54, 1.807) is 12.1 Å². The maximum atomic E-state index is 12.5. The third-order valence-corrected chi connectivity index (χ3v) is 3.81. The van der Waals surface area contributed by atoms with Crippen molar-refractivity contribution in [2.75, 3.05) is 13.1 Å². The lowest BCUT2D eigenvalue weighted by atomic mass is 10.1. The molecule has 0 spiro atoms. The number of hydrogen-bond donors (Lipinski definition) is 1. The molecule has 1 heterocycles. The summed E-state index contributed by atoms with van der Waals surface area (Å²) in [5, 5.41) is 3.33. The van der Waals surface area contributed by atoms with E-state index in [9.17, 15) is 13.2 Å². The van der Waals surface area contributed by atoms with Gasteiger partial charge in [-0.3, -0.25) is 4.90 Å². The van der Waals surface area contributed by atoms with Crippen LogP contribution in [0, 0.1) is 0 Å². The second kappa shape index (κ2) is 6.14. The first-order valence-electron chi connectivity index (χ1n) is 7.00. The highest BCUT2D eigenvalue weighted by Gasteiger charge is 2.30. The molecule has 1 N–H and O–H groups in total. The van der Waals surface area contributed by atoms with E-state index in [-0.39, 0.29) is 0 Å². The van der Waals surface area contributed by atoms with E-state index in [0.717, 1.165) is 25.1 Å². The van der Waals surface area contributed by atoms with Crippen LogP contribution in [0.2, 0.25) is 0 Å². The topological polar surface area (TPSA) is 15.3 Å². The highest BCUT2D eigenvalue weighted by Crippen LogP contribution is 2.29. The van der Waals surface area contributed by atoms with Gasteiger partial charge in [0.1, 0.15) is 0 Å². The average Bonchev–Trinajstić information content (AvgIpc) is 2.88. The summed E-state index contributed by atoms with van der Waals surface area (Å²) in [6, 6.07) is 6.35.